The van der Waals surface area contributed by atoms with Crippen molar-refractivity contribution in [1.82, 2.24) is 14.9 Å². The van der Waals surface area contributed by atoms with E-state index in [1.54, 1.807) is 12.3 Å². The van der Waals surface area contributed by atoms with Crippen LogP contribution in [0.25, 0.3) is 10.8 Å². The zero-order chi connectivity index (χ0) is 13.2. The van der Waals surface area contributed by atoms with Gasteiger partial charge in [-0.3, -0.25) is 0 Å². The van der Waals surface area contributed by atoms with E-state index in [-0.39, 0.29) is 5.75 Å². The molecule has 19 heavy (non-hydrogen) atoms. The lowest BCUT2D eigenvalue weighted by Gasteiger charge is -2.05. The Morgan fingerprint density at radius 2 is 1.95 bits per heavy atom. The van der Waals surface area contributed by atoms with E-state index in [9.17, 15) is 5.11 Å². The molecule has 0 aliphatic carbocycles. The predicted molar refractivity (Wildman–Crippen MR) is 76.3 cm³/mol. The molecule has 3 rings (SSSR count). The number of fused-ring (bicyclic) bond motifs is 1. The van der Waals surface area contributed by atoms with Crippen molar-refractivity contribution in [2.24, 2.45) is 5.10 Å². The molecule has 0 radical (unpaired) electrons. The fraction of sp³-hybridized carbons (Fsp3) is 0. The molecule has 0 atom stereocenters. The highest BCUT2D eigenvalue weighted by molar-refractivity contribution is 9.10. The summed E-state index contributed by atoms with van der Waals surface area (Å²) >= 11 is 3.43. The highest BCUT2D eigenvalue weighted by Gasteiger charge is 2.05. The molecule has 1 aromatic heterocycles. The molecule has 0 aliphatic rings. The number of rotatable bonds is 2. The minimum absolute atomic E-state index is 0.187. The van der Waals surface area contributed by atoms with Crippen molar-refractivity contribution >= 4 is 32.9 Å². The molecule has 1 heterocycles. The van der Waals surface area contributed by atoms with E-state index in [2.05, 4.69) is 31.2 Å². The van der Waals surface area contributed by atoms with Crippen molar-refractivity contribution in [3.63, 3.8) is 0 Å². The molecule has 1 N–H and O–H groups in total. The Labute approximate surface area is 117 Å². The van der Waals surface area contributed by atoms with Crippen LogP contribution in [-0.4, -0.2) is 26.2 Å². The molecule has 5 nitrogen and oxygen atoms in total. The third-order valence-corrected chi connectivity index (χ3v) is 3.22. The van der Waals surface area contributed by atoms with E-state index >= 15 is 0 Å². The summed E-state index contributed by atoms with van der Waals surface area (Å²) in [6, 6.07) is 9.38. The van der Waals surface area contributed by atoms with Crippen molar-refractivity contribution in [3.05, 3.63) is 53.0 Å². The summed E-state index contributed by atoms with van der Waals surface area (Å²) < 4.78 is 2.46. The standard InChI is InChI=1S/C13H9BrN4O/c14-10-2-3-11-9(5-10)1-4-13(19)12(11)6-17-18-7-15-16-8-18/h1-8,19H. The lowest BCUT2D eigenvalue weighted by atomic mass is 10.0. The largest absolute Gasteiger partial charge is 0.507 e. The van der Waals surface area contributed by atoms with E-state index in [1.165, 1.54) is 17.3 Å². The maximum absolute atomic E-state index is 9.96. The van der Waals surface area contributed by atoms with Crippen LogP contribution >= 0.6 is 15.9 Å². The third-order valence-electron chi connectivity index (χ3n) is 2.73. The van der Waals surface area contributed by atoms with Gasteiger partial charge in [0, 0.05) is 10.0 Å². The first kappa shape index (κ1) is 11.9. The lowest BCUT2D eigenvalue weighted by molar-refractivity contribution is 0.475. The molecule has 0 aliphatic heterocycles. The Morgan fingerprint density at radius 1 is 1.16 bits per heavy atom. The first-order chi connectivity index (χ1) is 9.24. The summed E-state index contributed by atoms with van der Waals surface area (Å²) in [5, 5.41) is 23.4. The molecule has 0 bridgehead atoms. The Kier molecular flexibility index (Phi) is 3.00. The fourth-order valence-corrected chi connectivity index (χ4v) is 2.21. The van der Waals surface area contributed by atoms with Crippen molar-refractivity contribution in [1.29, 1.82) is 0 Å². The SMILES string of the molecule is Oc1ccc2cc(Br)ccc2c1C=Nn1cnnc1. The fourth-order valence-electron chi connectivity index (χ4n) is 1.83. The smallest absolute Gasteiger partial charge is 0.141 e. The number of nitrogens with zero attached hydrogens (tertiary/aromatic N) is 4. The molecule has 3 aromatic rings. The molecule has 0 amide bonds. The molecule has 0 unspecified atom stereocenters. The van der Waals surface area contributed by atoms with Crippen LogP contribution in [-0.2, 0) is 0 Å². The van der Waals surface area contributed by atoms with Gasteiger partial charge in [-0.2, -0.15) is 5.10 Å². The third kappa shape index (κ3) is 2.34. The molecule has 0 fully saturated rings. The summed E-state index contributed by atoms with van der Waals surface area (Å²) in [5.41, 5.74) is 0.665. The van der Waals surface area contributed by atoms with Crippen LogP contribution in [0.5, 0.6) is 5.75 Å². The highest BCUT2D eigenvalue weighted by atomic mass is 79.9. The van der Waals surface area contributed by atoms with E-state index in [0.29, 0.717) is 5.56 Å². The van der Waals surface area contributed by atoms with Gasteiger partial charge in [0.05, 0.1) is 6.21 Å². The number of phenolic OH excluding ortho intramolecular Hbond substituents is 1. The second-order valence-corrected chi connectivity index (χ2v) is 4.87. The van der Waals surface area contributed by atoms with Gasteiger partial charge >= 0.3 is 0 Å². The van der Waals surface area contributed by atoms with Gasteiger partial charge in [-0.15, -0.1) is 10.2 Å². The summed E-state index contributed by atoms with van der Waals surface area (Å²) in [6.45, 7) is 0. The molecule has 0 saturated heterocycles. The number of aromatic nitrogens is 3. The van der Waals surface area contributed by atoms with Gasteiger partial charge in [0.25, 0.3) is 0 Å². The van der Waals surface area contributed by atoms with Crippen LogP contribution in [0.4, 0.5) is 0 Å². The first-order valence-electron chi connectivity index (χ1n) is 5.54. The van der Waals surface area contributed by atoms with Crippen molar-refractivity contribution < 1.29 is 5.11 Å². The number of phenols is 1. The van der Waals surface area contributed by atoms with Crippen LogP contribution < -0.4 is 0 Å². The number of halogens is 1. The minimum Gasteiger partial charge on any atom is -0.507 e. The van der Waals surface area contributed by atoms with E-state index in [4.69, 9.17) is 0 Å². The quantitative estimate of drug-likeness (QED) is 0.739. The lowest BCUT2D eigenvalue weighted by Crippen LogP contribution is -1.90. The number of hydrogen-bond acceptors (Lipinski definition) is 4. The molecule has 2 aromatic carbocycles. The Hall–Kier alpha value is -2.21. The minimum atomic E-state index is 0.187. The topological polar surface area (TPSA) is 63.3 Å². The maximum atomic E-state index is 9.96. The molecule has 94 valence electrons. The summed E-state index contributed by atoms with van der Waals surface area (Å²) in [5.74, 6) is 0.187. The van der Waals surface area contributed by atoms with Gasteiger partial charge in [0.1, 0.15) is 18.4 Å². The van der Waals surface area contributed by atoms with Crippen molar-refractivity contribution in [2.75, 3.05) is 0 Å². The zero-order valence-electron chi connectivity index (χ0n) is 9.73. The van der Waals surface area contributed by atoms with Gasteiger partial charge < -0.3 is 5.11 Å². The van der Waals surface area contributed by atoms with Crippen LogP contribution in [0.15, 0.2) is 52.6 Å². The summed E-state index contributed by atoms with van der Waals surface area (Å²) in [4.78, 5) is 0. The molecule has 0 spiro atoms. The summed E-state index contributed by atoms with van der Waals surface area (Å²) in [6.07, 6.45) is 4.56. The van der Waals surface area contributed by atoms with Gasteiger partial charge in [0.2, 0.25) is 0 Å². The van der Waals surface area contributed by atoms with Gasteiger partial charge in [-0.25, -0.2) is 4.68 Å². The number of aromatic hydroxyl groups is 1. The second-order valence-electron chi connectivity index (χ2n) is 3.95. The average molecular weight is 317 g/mol. The van der Waals surface area contributed by atoms with Crippen LogP contribution in [0.1, 0.15) is 5.56 Å². The van der Waals surface area contributed by atoms with Gasteiger partial charge in [-0.05, 0) is 29.0 Å². The van der Waals surface area contributed by atoms with Crippen molar-refractivity contribution in [3.8, 4) is 5.75 Å². The Morgan fingerprint density at radius 3 is 2.74 bits per heavy atom. The number of hydrogen-bond donors (Lipinski definition) is 1. The zero-order valence-corrected chi connectivity index (χ0v) is 11.3. The average Bonchev–Trinajstić information content (AvgIpc) is 2.91. The second kappa shape index (κ2) is 4.81. The molecule has 0 saturated carbocycles. The summed E-state index contributed by atoms with van der Waals surface area (Å²) in [7, 11) is 0. The van der Waals surface area contributed by atoms with E-state index in [0.717, 1.165) is 15.2 Å². The van der Waals surface area contributed by atoms with Crippen LogP contribution in [0.3, 0.4) is 0 Å². The normalized spacial score (nSPS) is 11.4. The van der Waals surface area contributed by atoms with Gasteiger partial charge in [0.15, 0.2) is 0 Å². The molecular formula is C13H9BrN4O. The maximum Gasteiger partial charge on any atom is 0.141 e. The Bertz CT molecular complexity index is 753. The van der Waals surface area contributed by atoms with Gasteiger partial charge in [-0.1, -0.05) is 28.1 Å². The Balaban J connectivity index is 2.14. The van der Waals surface area contributed by atoms with E-state index in [1.807, 2.05) is 24.3 Å². The molecular weight excluding hydrogens is 308 g/mol. The predicted octanol–water partition coefficient (Wildman–Crippen LogP) is 2.78. The molecule has 6 heteroatoms. The van der Waals surface area contributed by atoms with Crippen LogP contribution in [0, 0.1) is 0 Å². The van der Waals surface area contributed by atoms with E-state index < -0.39 is 0 Å². The van der Waals surface area contributed by atoms with Crippen LogP contribution in [0.2, 0.25) is 0 Å². The highest BCUT2D eigenvalue weighted by Crippen LogP contribution is 2.27. The number of benzene rings is 2. The monoisotopic (exact) mass is 316 g/mol. The first-order valence-corrected chi connectivity index (χ1v) is 6.33. The van der Waals surface area contributed by atoms with Crippen molar-refractivity contribution in [2.45, 2.75) is 0 Å².